The number of nitrogens with zero attached hydrogens (tertiary/aromatic N) is 2. The molecule has 1 aromatic carbocycles. The predicted molar refractivity (Wildman–Crippen MR) is 71.9 cm³/mol. The molecule has 4 nitrogen and oxygen atoms in total. The summed E-state index contributed by atoms with van der Waals surface area (Å²) in [7, 11) is 2.07. The van der Waals surface area contributed by atoms with E-state index in [1.54, 1.807) is 0 Å². The van der Waals surface area contributed by atoms with Crippen molar-refractivity contribution in [3.8, 4) is 0 Å². The lowest BCUT2D eigenvalue weighted by Crippen LogP contribution is -2.19. The molecule has 0 heterocycles. The number of unbranched alkanes of at least 4 members (excludes halogenated alkanes) is 1. The molecule has 0 aromatic heterocycles. The summed E-state index contributed by atoms with van der Waals surface area (Å²) in [4.78, 5) is 13.3. The van der Waals surface area contributed by atoms with Crippen molar-refractivity contribution in [1.29, 1.82) is 0 Å². The van der Waals surface area contributed by atoms with Crippen molar-refractivity contribution in [1.82, 2.24) is 4.90 Å². The van der Waals surface area contributed by atoms with E-state index in [0.29, 0.717) is 6.42 Å². The number of oxime groups is 1. The highest BCUT2D eigenvalue weighted by Gasteiger charge is 2.01. The van der Waals surface area contributed by atoms with Crippen LogP contribution in [0.5, 0.6) is 0 Å². The first-order chi connectivity index (χ1) is 8.72. The normalized spacial score (nSPS) is 11.2. The van der Waals surface area contributed by atoms with Crippen molar-refractivity contribution in [2.24, 2.45) is 5.16 Å². The van der Waals surface area contributed by atoms with Crippen LogP contribution in [0.2, 0.25) is 0 Å². The van der Waals surface area contributed by atoms with E-state index < -0.39 is 0 Å². The minimum Gasteiger partial charge on any atom is -0.411 e. The van der Waals surface area contributed by atoms with Crippen LogP contribution in [-0.4, -0.2) is 35.7 Å². The lowest BCUT2D eigenvalue weighted by Gasteiger charge is -2.16. The van der Waals surface area contributed by atoms with Crippen molar-refractivity contribution in [3.05, 3.63) is 35.9 Å². The Morgan fingerprint density at radius 1 is 1.33 bits per heavy atom. The van der Waals surface area contributed by atoms with Gasteiger partial charge < -0.3 is 10.1 Å². The fraction of sp³-hybridized carbons (Fsp3) is 0.429. The Balaban J connectivity index is 2.14. The van der Waals surface area contributed by atoms with Crippen molar-refractivity contribution in [2.75, 3.05) is 13.6 Å². The number of carbonyl (C=O) groups is 1. The second kappa shape index (κ2) is 8.42. The lowest BCUT2D eigenvalue weighted by molar-refractivity contribution is -0.112. The molecule has 1 N–H and O–H groups in total. The highest BCUT2D eigenvalue weighted by atomic mass is 16.4. The maximum atomic E-state index is 11.1. The molecular formula is C14H20N2O2. The monoisotopic (exact) mass is 248 g/mol. The number of hydrogen-bond donors (Lipinski definition) is 1. The smallest absolute Gasteiger partial charge is 0.177 e. The van der Waals surface area contributed by atoms with Gasteiger partial charge in [0.2, 0.25) is 0 Å². The van der Waals surface area contributed by atoms with Gasteiger partial charge in [0.25, 0.3) is 0 Å². The van der Waals surface area contributed by atoms with E-state index in [-0.39, 0.29) is 5.78 Å². The molecule has 0 amide bonds. The summed E-state index contributed by atoms with van der Waals surface area (Å²) >= 11 is 0. The van der Waals surface area contributed by atoms with Crippen molar-refractivity contribution in [2.45, 2.75) is 25.8 Å². The van der Waals surface area contributed by atoms with Gasteiger partial charge in [-0.05, 0) is 32.0 Å². The van der Waals surface area contributed by atoms with Gasteiger partial charge in [0.1, 0.15) is 6.21 Å². The second-order valence-electron chi connectivity index (χ2n) is 4.39. The van der Waals surface area contributed by atoms with E-state index in [4.69, 9.17) is 5.21 Å². The quantitative estimate of drug-likeness (QED) is 0.332. The molecule has 0 aliphatic carbocycles. The summed E-state index contributed by atoms with van der Waals surface area (Å²) in [5.41, 5.74) is 1.29. The van der Waals surface area contributed by atoms with E-state index in [0.717, 1.165) is 32.1 Å². The fourth-order valence-electron chi connectivity index (χ4n) is 1.78. The number of hydrogen-bond acceptors (Lipinski definition) is 4. The Morgan fingerprint density at radius 2 is 2.06 bits per heavy atom. The third kappa shape index (κ3) is 6.15. The van der Waals surface area contributed by atoms with Gasteiger partial charge in [-0.3, -0.25) is 4.79 Å². The average Bonchev–Trinajstić information content (AvgIpc) is 2.36. The molecule has 0 aliphatic heterocycles. The standard InChI is InChI=1S/C14H20N2O2/c1-16(12-13-7-3-2-4-8-13)10-6-5-9-14(17)11-15-18/h2-4,7-8,11,18H,5-6,9-10,12H2,1H3/b15-11+. The summed E-state index contributed by atoms with van der Waals surface area (Å²) in [6.07, 6.45) is 3.20. The molecule has 1 rings (SSSR count). The number of carbonyl (C=O) groups excluding carboxylic acids is 1. The summed E-state index contributed by atoms with van der Waals surface area (Å²) in [5.74, 6) is -0.122. The molecule has 0 saturated heterocycles. The van der Waals surface area contributed by atoms with Crippen LogP contribution in [0.4, 0.5) is 0 Å². The molecule has 0 aliphatic rings. The first kappa shape index (κ1) is 14.4. The third-order valence-corrected chi connectivity index (χ3v) is 2.71. The van der Waals surface area contributed by atoms with Gasteiger partial charge in [-0.2, -0.15) is 0 Å². The number of ketones is 1. The maximum Gasteiger partial charge on any atom is 0.177 e. The van der Waals surface area contributed by atoms with Gasteiger partial charge in [0, 0.05) is 13.0 Å². The SMILES string of the molecule is CN(CCCCC(=O)/C=N/O)Cc1ccccc1. The van der Waals surface area contributed by atoms with Crippen molar-refractivity contribution in [3.63, 3.8) is 0 Å². The summed E-state index contributed by atoms with van der Waals surface area (Å²) in [6.45, 7) is 1.88. The van der Waals surface area contributed by atoms with E-state index in [1.165, 1.54) is 5.56 Å². The molecule has 0 saturated carbocycles. The molecule has 98 valence electrons. The van der Waals surface area contributed by atoms with Gasteiger partial charge in [-0.25, -0.2) is 0 Å². The zero-order valence-electron chi connectivity index (χ0n) is 10.7. The first-order valence-electron chi connectivity index (χ1n) is 6.15. The summed E-state index contributed by atoms with van der Waals surface area (Å²) < 4.78 is 0. The van der Waals surface area contributed by atoms with Crippen LogP contribution in [0.3, 0.4) is 0 Å². The number of benzene rings is 1. The zero-order chi connectivity index (χ0) is 13.2. The summed E-state index contributed by atoms with van der Waals surface area (Å²) in [5, 5.41) is 10.9. The lowest BCUT2D eigenvalue weighted by atomic mass is 10.1. The van der Waals surface area contributed by atoms with E-state index in [9.17, 15) is 4.79 Å². The highest BCUT2D eigenvalue weighted by molar-refractivity contribution is 6.27. The van der Waals surface area contributed by atoms with Crippen LogP contribution in [0.25, 0.3) is 0 Å². The van der Waals surface area contributed by atoms with Gasteiger partial charge in [-0.1, -0.05) is 35.5 Å². The van der Waals surface area contributed by atoms with Gasteiger partial charge in [0.05, 0.1) is 0 Å². The minimum absolute atomic E-state index is 0.122. The zero-order valence-corrected chi connectivity index (χ0v) is 10.7. The Labute approximate surface area is 108 Å². The van der Waals surface area contributed by atoms with Gasteiger partial charge >= 0.3 is 0 Å². The second-order valence-corrected chi connectivity index (χ2v) is 4.39. The predicted octanol–water partition coefficient (Wildman–Crippen LogP) is 2.32. The van der Waals surface area contributed by atoms with Crippen molar-refractivity contribution < 1.29 is 10.0 Å². The molecule has 0 atom stereocenters. The first-order valence-corrected chi connectivity index (χ1v) is 6.15. The summed E-state index contributed by atoms with van der Waals surface area (Å²) in [6, 6.07) is 10.3. The molecule has 0 unspecified atom stereocenters. The Kier molecular flexibility index (Phi) is 6.72. The molecule has 18 heavy (non-hydrogen) atoms. The molecule has 0 fully saturated rings. The van der Waals surface area contributed by atoms with E-state index in [1.807, 2.05) is 18.2 Å². The molecule has 0 radical (unpaired) electrons. The van der Waals surface area contributed by atoms with Crippen LogP contribution in [-0.2, 0) is 11.3 Å². The van der Waals surface area contributed by atoms with Crippen LogP contribution in [0.1, 0.15) is 24.8 Å². The third-order valence-electron chi connectivity index (χ3n) is 2.71. The Morgan fingerprint density at radius 3 is 2.72 bits per heavy atom. The molecule has 1 aromatic rings. The minimum atomic E-state index is -0.122. The van der Waals surface area contributed by atoms with Crippen molar-refractivity contribution >= 4 is 12.0 Å². The number of rotatable bonds is 8. The van der Waals surface area contributed by atoms with Crippen LogP contribution in [0.15, 0.2) is 35.5 Å². The molecule has 0 bridgehead atoms. The molecule has 0 spiro atoms. The van der Waals surface area contributed by atoms with Gasteiger partial charge in [0.15, 0.2) is 5.78 Å². The fourth-order valence-corrected chi connectivity index (χ4v) is 1.78. The number of Topliss-reactive ketones (excluding diaryl/α,β-unsaturated/α-hetero) is 1. The average molecular weight is 248 g/mol. The van der Waals surface area contributed by atoms with E-state index >= 15 is 0 Å². The van der Waals surface area contributed by atoms with Crippen LogP contribution < -0.4 is 0 Å². The van der Waals surface area contributed by atoms with Gasteiger partial charge in [-0.15, -0.1) is 0 Å². The maximum absolute atomic E-state index is 11.1. The van der Waals surface area contributed by atoms with Crippen LogP contribution in [0, 0.1) is 0 Å². The largest absolute Gasteiger partial charge is 0.411 e. The highest BCUT2D eigenvalue weighted by Crippen LogP contribution is 2.04. The Hall–Kier alpha value is -1.68. The Bertz CT molecular complexity index is 377. The van der Waals surface area contributed by atoms with Crippen LogP contribution >= 0.6 is 0 Å². The molecular weight excluding hydrogens is 228 g/mol. The van der Waals surface area contributed by atoms with E-state index in [2.05, 4.69) is 29.2 Å². The molecule has 4 heteroatoms. The topological polar surface area (TPSA) is 52.9 Å².